The molecule has 1 saturated carbocycles. The molecule has 2 amide bonds. The maximum atomic E-state index is 13.1. The van der Waals surface area contributed by atoms with Crippen LogP contribution in [0.4, 0.5) is 19.0 Å². The Morgan fingerprint density at radius 2 is 1.93 bits per heavy atom. The molecule has 2 aromatic rings. The average molecular weight is 420 g/mol. The molecule has 1 N–H and O–H groups in total. The number of aromatic nitrogens is 2. The topological polar surface area (TPSA) is 67.2 Å². The van der Waals surface area contributed by atoms with Crippen molar-refractivity contribution in [3.63, 3.8) is 0 Å². The SMILES string of the molecule is Cc1cc(NC(=O)C2CC(=O)N(C3CCCC3)C2)n(-c2cccc(C(F)(F)F)c2)n1. The largest absolute Gasteiger partial charge is 0.416 e. The van der Waals surface area contributed by atoms with E-state index in [1.165, 1.54) is 16.8 Å². The maximum Gasteiger partial charge on any atom is 0.416 e. The summed E-state index contributed by atoms with van der Waals surface area (Å²) < 4.78 is 40.5. The summed E-state index contributed by atoms with van der Waals surface area (Å²) in [4.78, 5) is 27.0. The number of amides is 2. The van der Waals surface area contributed by atoms with E-state index in [0.29, 0.717) is 12.2 Å². The highest BCUT2D eigenvalue weighted by Crippen LogP contribution is 2.32. The molecule has 4 rings (SSSR count). The van der Waals surface area contributed by atoms with Crippen molar-refractivity contribution < 1.29 is 22.8 Å². The molecule has 1 aliphatic carbocycles. The first-order chi connectivity index (χ1) is 14.2. The second-order valence-corrected chi connectivity index (χ2v) is 8.01. The van der Waals surface area contributed by atoms with Crippen LogP contribution in [0.1, 0.15) is 43.4 Å². The molecule has 0 bridgehead atoms. The molecule has 6 nitrogen and oxygen atoms in total. The molecule has 2 aliphatic rings. The molecule has 1 unspecified atom stereocenters. The molecular weight excluding hydrogens is 397 g/mol. The molecule has 2 heterocycles. The van der Waals surface area contributed by atoms with Crippen molar-refractivity contribution in [1.29, 1.82) is 0 Å². The van der Waals surface area contributed by atoms with Gasteiger partial charge in [-0.2, -0.15) is 18.3 Å². The number of hydrogen-bond acceptors (Lipinski definition) is 3. The van der Waals surface area contributed by atoms with E-state index in [1.54, 1.807) is 13.0 Å². The summed E-state index contributed by atoms with van der Waals surface area (Å²) in [7, 11) is 0. The fraction of sp³-hybridized carbons (Fsp3) is 0.476. The van der Waals surface area contributed by atoms with Crippen LogP contribution in [0.2, 0.25) is 0 Å². The van der Waals surface area contributed by atoms with E-state index in [1.807, 2.05) is 4.90 Å². The van der Waals surface area contributed by atoms with E-state index in [0.717, 1.165) is 37.8 Å². The summed E-state index contributed by atoms with van der Waals surface area (Å²) in [6, 6.07) is 6.59. The summed E-state index contributed by atoms with van der Waals surface area (Å²) >= 11 is 0. The molecule has 1 aromatic carbocycles. The molecule has 160 valence electrons. The van der Waals surface area contributed by atoms with Crippen molar-refractivity contribution in [3.05, 3.63) is 41.6 Å². The Hall–Kier alpha value is -2.84. The zero-order valence-electron chi connectivity index (χ0n) is 16.6. The summed E-state index contributed by atoms with van der Waals surface area (Å²) in [6.45, 7) is 2.08. The number of carbonyl (C=O) groups is 2. The minimum Gasteiger partial charge on any atom is -0.339 e. The van der Waals surface area contributed by atoms with Crippen LogP contribution in [0.25, 0.3) is 5.69 Å². The summed E-state index contributed by atoms with van der Waals surface area (Å²) in [6.07, 6.45) is -0.181. The van der Waals surface area contributed by atoms with Gasteiger partial charge in [0.25, 0.3) is 0 Å². The monoisotopic (exact) mass is 420 g/mol. The van der Waals surface area contributed by atoms with Gasteiger partial charge >= 0.3 is 6.18 Å². The van der Waals surface area contributed by atoms with Gasteiger partial charge in [0.05, 0.1) is 22.9 Å². The molecular formula is C21H23F3N4O2. The number of rotatable bonds is 4. The third kappa shape index (κ3) is 4.06. The van der Waals surface area contributed by atoms with Gasteiger partial charge in [0.2, 0.25) is 11.8 Å². The van der Waals surface area contributed by atoms with Crippen molar-refractivity contribution in [2.45, 2.75) is 51.2 Å². The number of alkyl halides is 3. The number of halogens is 3. The van der Waals surface area contributed by atoms with E-state index in [-0.39, 0.29) is 35.8 Å². The fourth-order valence-corrected chi connectivity index (χ4v) is 4.30. The van der Waals surface area contributed by atoms with E-state index >= 15 is 0 Å². The number of anilines is 1. The number of aryl methyl sites for hydroxylation is 1. The third-order valence-electron chi connectivity index (χ3n) is 5.80. The predicted molar refractivity (Wildman–Crippen MR) is 104 cm³/mol. The first-order valence-corrected chi connectivity index (χ1v) is 10.1. The van der Waals surface area contributed by atoms with Crippen LogP contribution in [0, 0.1) is 12.8 Å². The smallest absolute Gasteiger partial charge is 0.339 e. The maximum absolute atomic E-state index is 13.1. The van der Waals surface area contributed by atoms with Gasteiger partial charge < -0.3 is 10.2 Å². The van der Waals surface area contributed by atoms with Gasteiger partial charge in [-0.15, -0.1) is 0 Å². The zero-order valence-corrected chi connectivity index (χ0v) is 16.6. The Balaban J connectivity index is 1.52. The standard InChI is InChI=1S/C21H23F3N4O2/c1-13-9-18(28(26-13)17-8-4-5-15(11-17)21(22,23)24)25-20(30)14-10-19(29)27(12-14)16-6-2-3-7-16/h4-5,8-9,11,14,16H,2-3,6-7,10,12H2,1H3,(H,25,30). The van der Waals surface area contributed by atoms with Gasteiger partial charge in [0.1, 0.15) is 5.82 Å². The van der Waals surface area contributed by atoms with Crippen LogP contribution >= 0.6 is 0 Å². The van der Waals surface area contributed by atoms with Crippen LogP contribution in [0.15, 0.2) is 30.3 Å². The molecule has 1 atom stereocenters. The van der Waals surface area contributed by atoms with Crippen molar-refractivity contribution in [2.75, 3.05) is 11.9 Å². The highest BCUT2D eigenvalue weighted by molar-refractivity contribution is 5.97. The average Bonchev–Trinajstić information content (AvgIpc) is 3.41. The lowest BCUT2D eigenvalue weighted by Gasteiger charge is -2.23. The number of nitrogens with one attached hydrogen (secondary N) is 1. The highest BCUT2D eigenvalue weighted by Gasteiger charge is 2.39. The van der Waals surface area contributed by atoms with E-state index < -0.39 is 17.7 Å². The van der Waals surface area contributed by atoms with Gasteiger partial charge in [0, 0.05) is 25.1 Å². The number of benzene rings is 1. The molecule has 0 radical (unpaired) electrons. The minimum atomic E-state index is -4.48. The van der Waals surface area contributed by atoms with Crippen LogP contribution in [0.5, 0.6) is 0 Å². The number of hydrogen-bond donors (Lipinski definition) is 1. The molecule has 9 heteroatoms. The Labute approximate surface area is 172 Å². The Morgan fingerprint density at radius 3 is 2.63 bits per heavy atom. The fourth-order valence-electron chi connectivity index (χ4n) is 4.30. The lowest BCUT2D eigenvalue weighted by molar-refractivity contribution is -0.137. The number of nitrogens with zero attached hydrogens (tertiary/aromatic N) is 3. The summed E-state index contributed by atoms with van der Waals surface area (Å²) in [5.41, 5.74) is -0.0416. The van der Waals surface area contributed by atoms with Gasteiger partial charge in [-0.1, -0.05) is 18.9 Å². The van der Waals surface area contributed by atoms with Crippen molar-refractivity contribution in [2.24, 2.45) is 5.92 Å². The molecule has 1 aromatic heterocycles. The lowest BCUT2D eigenvalue weighted by Crippen LogP contribution is -2.35. The number of likely N-dealkylation sites (tertiary alicyclic amines) is 1. The van der Waals surface area contributed by atoms with Gasteiger partial charge in [0.15, 0.2) is 0 Å². The zero-order chi connectivity index (χ0) is 21.5. The van der Waals surface area contributed by atoms with Gasteiger partial charge in [-0.3, -0.25) is 9.59 Å². The third-order valence-corrected chi connectivity index (χ3v) is 5.80. The molecule has 1 aliphatic heterocycles. The Kier molecular flexibility index (Phi) is 5.29. The summed E-state index contributed by atoms with van der Waals surface area (Å²) in [5.74, 6) is -0.534. The Morgan fingerprint density at radius 1 is 1.20 bits per heavy atom. The molecule has 0 spiro atoms. The highest BCUT2D eigenvalue weighted by atomic mass is 19.4. The van der Waals surface area contributed by atoms with Crippen molar-refractivity contribution in [1.82, 2.24) is 14.7 Å². The molecule has 2 fully saturated rings. The van der Waals surface area contributed by atoms with E-state index in [2.05, 4.69) is 10.4 Å². The van der Waals surface area contributed by atoms with Gasteiger partial charge in [-0.05, 0) is 38.0 Å². The lowest BCUT2D eigenvalue weighted by atomic mass is 10.1. The van der Waals surface area contributed by atoms with Gasteiger partial charge in [-0.25, -0.2) is 4.68 Å². The van der Waals surface area contributed by atoms with Crippen LogP contribution < -0.4 is 5.32 Å². The van der Waals surface area contributed by atoms with Crippen LogP contribution in [-0.4, -0.2) is 39.1 Å². The van der Waals surface area contributed by atoms with Crippen LogP contribution in [0.3, 0.4) is 0 Å². The summed E-state index contributed by atoms with van der Waals surface area (Å²) in [5, 5.41) is 7.00. The predicted octanol–water partition coefficient (Wildman–Crippen LogP) is 3.93. The van der Waals surface area contributed by atoms with E-state index in [4.69, 9.17) is 0 Å². The number of carbonyl (C=O) groups excluding carboxylic acids is 2. The van der Waals surface area contributed by atoms with Crippen LogP contribution in [-0.2, 0) is 15.8 Å². The first kappa shape index (κ1) is 20.4. The van der Waals surface area contributed by atoms with Crippen molar-refractivity contribution in [3.8, 4) is 5.69 Å². The Bertz CT molecular complexity index is 963. The minimum absolute atomic E-state index is 0.00961. The van der Waals surface area contributed by atoms with Crippen molar-refractivity contribution >= 4 is 17.6 Å². The molecule has 1 saturated heterocycles. The second-order valence-electron chi connectivity index (χ2n) is 8.01. The second kappa shape index (κ2) is 7.77. The normalized spacial score (nSPS) is 20.2. The first-order valence-electron chi connectivity index (χ1n) is 10.1. The quantitative estimate of drug-likeness (QED) is 0.815. The van der Waals surface area contributed by atoms with E-state index in [9.17, 15) is 22.8 Å². The molecule has 30 heavy (non-hydrogen) atoms.